The molecule has 2 aliphatic rings. The van der Waals surface area contributed by atoms with Crippen LogP contribution in [0.3, 0.4) is 0 Å². The predicted molar refractivity (Wildman–Crippen MR) is 74.8 cm³/mol. The first-order valence-electron chi connectivity index (χ1n) is 6.90. The van der Waals surface area contributed by atoms with Gasteiger partial charge in [-0.2, -0.15) is 0 Å². The largest absolute Gasteiger partial charge is 0.366 e. The second kappa shape index (κ2) is 4.18. The maximum atomic E-state index is 12.5. The summed E-state index contributed by atoms with van der Waals surface area (Å²) in [5, 5.41) is 4.54. The minimum Gasteiger partial charge on any atom is -0.366 e. The van der Waals surface area contributed by atoms with Crippen LogP contribution in [0.25, 0.3) is 10.8 Å². The van der Waals surface area contributed by atoms with Gasteiger partial charge in [0.1, 0.15) is 0 Å². The molecule has 1 unspecified atom stereocenters. The first-order chi connectivity index (χ1) is 10.1. The lowest BCUT2D eigenvalue weighted by Crippen LogP contribution is -2.50. The van der Waals surface area contributed by atoms with Crippen molar-refractivity contribution in [1.29, 1.82) is 0 Å². The average molecular weight is 283 g/mol. The Morgan fingerprint density at radius 1 is 1.00 bits per heavy atom. The Morgan fingerprint density at radius 3 is 2.14 bits per heavy atom. The molecule has 6 nitrogen and oxygen atoms in total. The fourth-order valence-electron chi connectivity index (χ4n) is 3.08. The summed E-state index contributed by atoms with van der Waals surface area (Å²) in [6.45, 7) is 0.337. The van der Waals surface area contributed by atoms with Gasteiger partial charge in [-0.3, -0.25) is 19.3 Å². The summed E-state index contributed by atoms with van der Waals surface area (Å²) in [5.74, 6) is -0.560. The number of aromatic amines is 1. The number of hydrogen-bond donors (Lipinski definition) is 2. The Morgan fingerprint density at radius 2 is 1.62 bits per heavy atom. The van der Waals surface area contributed by atoms with E-state index < -0.39 is 0 Å². The van der Waals surface area contributed by atoms with Crippen LogP contribution in [0, 0.1) is 0 Å². The van der Waals surface area contributed by atoms with Gasteiger partial charge in [-0.05, 0) is 29.3 Å². The van der Waals surface area contributed by atoms with E-state index in [9.17, 15) is 14.4 Å². The summed E-state index contributed by atoms with van der Waals surface area (Å²) in [6.07, 6.45) is 4.48. The number of amides is 3. The van der Waals surface area contributed by atoms with E-state index in [0.717, 1.165) is 10.8 Å². The Kier molecular flexibility index (Phi) is 2.42. The molecule has 1 aromatic heterocycles. The maximum absolute atomic E-state index is 12.5. The van der Waals surface area contributed by atoms with Crippen LogP contribution in [0.15, 0.2) is 24.5 Å². The number of H-pyrrole nitrogens is 1. The number of aromatic nitrogens is 1. The van der Waals surface area contributed by atoms with Gasteiger partial charge in [0, 0.05) is 25.4 Å². The summed E-state index contributed by atoms with van der Waals surface area (Å²) in [7, 11) is 0. The molecule has 2 aliphatic heterocycles. The van der Waals surface area contributed by atoms with Gasteiger partial charge in [0.25, 0.3) is 11.8 Å². The number of nitrogens with one attached hydrogen (secondary N) is 2. The van der Waals surface area contributed by atoms with Crippen LogP contribution >= 0.6 is 0 Å². The maximum Gasteiger partial charge on any atom is 0.261 e. The Bertz CT molecular complexity index is 733. The van der Waals surface area contributed by atoms with Gasteiger partial charge in [0.15, 0.2) is 0 Å². The number of hydrogen-bond acceptors (Lipinski definition) is 3. The molecular formula is C15H13N3O3. The lowest BCUT2D eigenvalue weighted by molar-refractivity contribution is -0.123. The van der Waals surface area contributed by atoms with Crippen molar-refractivity contribution in [3.05, 3.63) is 35.7 Å². The molecule has 21 heavy (non-hydrogen) atoms. The third kappa shape index (κ3) is 1.68. The van der Waals surface area contributed by atoms with Gasteiger partial charge >= 0.3 is 0 Å². The highest BCUT2D eigenvalue weighted by Gasteiger charge is 2.41. The first kappa shape index (κ1) is 12.1. The van der Waals surface area contributed by atoms with Crippen LogP contribution in [0.4, 0.5) is 0 Å². The number of imide groups is 1. The summed E-state index contributed by atoms with van der Waals surface area (Å²) in [6, 6.07) is 3.25. The quantitative estimate of drug-likeness (QED) is 0.767. The number of rotatable bonds is 1. The molecule has 3 heterocycles. The fourth-order valence-corrected chi connectivity index (χ4v) is 3.08. The van der Waals surface area contributed by atoms with Crippen molar-refractivity contribution in [2.75, 3.05) is 6.54 Å². The highest BCUT2D eigenvalue weighted by atomic mass is 16.2. The second-order valence-electron chi connectivity index (χ2n) is 5.46. The fraction of sp³-hybridized carbons (Fsp3) is 0.267. The highest BCUT2D eigenvalue weighted by molar-refractivity contribution is 6.23. The highest BCUT2D eigenvalue weighted by Crippen LogP contribution is 2.30. The Hall–Kier alpha value is -2.63. The van der Waals surface area contributed by atoms with E-state index in [1.807, 2.05) is 0 Å². The van der Waals surface area contributed by atoms with Crippen LogP contribution < -0.4 is 5.32 Å². The summed E-state index contributed by atoms with van der Waals surface area (Å²) in [5.41, 5.74) is 0.896. The van der Waals surface area contributed by atoms with Gasteiger partial charge in [0.05, 0.1) is 17.2 Å². The molecule has 3 amide bonds. The van der Waals surface area contributed by atoms with E-state index >= 15 is 0 Å². The molecule has 2 N–H and O–H groups in total. The minimum absolute atomic E-state index is 0.0305. The summed E-state index contributed by atoms with van der Waals surface area (Å²) < 4.78 is 0. The number of piperidine rings is 1. The molecule has 6 heteroatoms. The van der Waals surface area contributed by atoms with Gasteiger partial charge < -0.3 is 10.3 Å². The normalized spacial score (nSPS) is 21.8. The van der Waals surface area contributed by atoms with Gasteiger partial charge in [-0.15, -0.1) is 0 Å². The van der Waals surface area contributed by atoms with Crippen molar-refractivity contribution in [2.24, 2.45) is 0 Å². The average Bonchev–Trinajstić information content (AvgIpc) is 3.03. The second-order valence-corrected chi connectivity index (χ2v) is 5.46. The van der Waals surface area contributed by atoms with Crippen LogP contribution in [-0.4, -0.2) is 40.2 Å². The van der Waals surface area contributed by atoms with Crippen molar-refractivity contribution in [2.45, 2.75) is 18.9 Å². The zero-order chi connectivity index (χ0) is 14.6. The Labute approximate surface area is 120 Å². The van der Waals surface area contributed by atoms with E-state index in [-0.39, 0.29) is 23.8 Å². The number of fused-ring (bicyclic) bond motifs is 2. The SMILES string of the molecule is O=C1CCC(N2C(=O)c3cc4c[nH]cc4cc3C2=O)CN1. The molecule has 0 saturated carbocycles. The molecule has 1 fully saturated rings. The molecule has 1 aromatic carbocycles. The molecular weight excluding hydrogens is 270 g/mol. The zero-order valence-electron chi connectivity index (χ0n) is 11.2. The van der Waals surface area contributed by atoms with Crippen LogP contribution in [0.2, 0.25) is 0 Å². The third-order valence-corrected chi connectivity index (χ3v) is 4.20. The van der Waals surface area contributed by atoms with E-state index in [4.69, 9.17) is 0 Å². The van der Waals surface area contributed by atoms with Crippen LogP contribution in [0.5, 0.6) is 0 Å². The Balaban J connectivity index is 1.74. The minimum atomic E-state index is -0.265. The van der Waals surface area contributed by atoms with E-state index in [1.165, 1.54) is 4.90 Å². The predicted octanol–water partition coefficient (Wildman–Crippen LogP) is 1.04. The lowest BCUT2D eigenvalue weighted by atomic mass is 10.1. The topological polar surface area (TPSA) is 82.3 Å². The molecule has 0 aliphatic carbocycles. The molecule has 0 bridgehead atoms. The smallest absolute Gasteiger partial charge is 0.261 e. The number of carbonyl (C=O) groups excluding carboxylic acids is 3. The van der Waals surface area contributed by atoms with Crippen molar-refractivity contribution in [3.63, 3.8) is 0 Å². The molecule has 106 valence electrons. The standard InChI is InChI=1S/C15H13N3O3/c19-13-2-1-10(7-17-13)18-14(20)11-3-8-5-16-6-9(8)4-12(11)15(18)21/h3-6,10,16H,1-2,7H2,(H,17,19). The third-order valence-electron chi connectivity index (χ3n) is 4.20. The molecule has 1 saturated heterocycles. The van der Waals surface area contributed by atoms with Crippen LogP contribution in [-0.2, 0) is 4.79 Å². The lowest BCUT2D eigenvalue weighted by Gasteiger charge is -2.29. The summed E-state index contributed by atoms with van der Waals surface area (Å²) >= 11 is 0. The van der Waals surface area contributed by atoms with Gasteiger partial charge in [-0.1, -0.05) is 0 Å². The molecule has 0 spiro atoms. The zero-order valence-corrected chi connectivity index (χ0v) is 11.2. The number of carbonyl (C=O) groups is 3. The first-order valence-corrected chi connectivity index (χ1v) is 6.90. The molecule has 2 aromatic rings. The van der Waals surface area contributed by atoms with E-state index in [2.05, 4.69) is 10.3 Å². The summed E-state index contributed by atoms with van der Waals surface area (Å²) in [4.78, 5) is 40.6. The van der Waals surface area contributed by atoms with Crippen molar-refractivity contribution in [1.82, 2.24) is 15.2 Å². The van der Waals surface area contributed by atoms with Gasteiger partial charge in [0.2, 0.25) is 5.91 Å². The number of nitrogens with zero attached hydrogens (tertiary/aromatic N) is 1. The number of benzene rings is 1. The van der Waals surface area contributed by atoms with Crippen molar-refractivity contribution >= 4 is 28.5 Å². The van der Waals surface area contributed by atoms with E-state index in [0.29, 0.717) is 30.5 Å². The van der Waals surface area contributed by atoms with Crippen molar-refractivity contribution in [3.8, 4) is 0 Å². The van der Waals surface area contributed by atoms with Crippen LogP contribution in [0.1, 0.15) is 33.6 Å². The van der Waals surface area contributed by atoms with E-state index in [1.54, 1.807) is 24.5 Å². The molecule has 0 radical (unpaired) electrons. The van der Waals surface area contributed by atoms with Crippen molar-refractivity contribution < 1.29 is 14.4 Å². The molecule has 1 atom stereocenters. The van der Waals surface area contributed by atoms with Gasteiger partial charge in [-0.25, -0.2) is 0 Å². The monoisotopic (exact) mass is 283 g/mol. The molecule has 4 rings (SSSR count).